The number of likely N-dealkylation sites (tertiary alicyclic amines) is 1. The zero-order valence-electron chi connectivity index (χ0n) is 12.1. The van der Waals surface area contributed by atoms with Gasteiger partial charge >= 0.3 is 0 Å². The molecule has 0 aromatic rings. The number of ether oxygens (including phenoxy) is 1. The number of nitrogens with one attached hydrogen (secondary N) is 1. The van der Waals surface area contributed by atoms with Crippen LogP contribution in [-0.2, 0) is 4.74 Å². The van der Waals surface area contributed by atoms with Gasteiger partial charge in [0.05, 0.1) is 6.10 Å². The highest BCUT2D eigenvalue weighted by atomic mass is 16.5. The molecule has 1 aliphatic heterocycles. The molecule has 1 heterocycles. The number of methoxy groups -OCH3 is 1. The van der Waals surface area contributed by atoms with Gasteiger partial charge in [0.1, 0.15) is 0 Å². The average Bonchev–Trinajstić information content (AvgIpc) is 2.38. The first-order valence-electron chi connectivity index (χ1n) is 7.09. The van der Waals surface area contributed by atoms with Gasteiger partial charge < -0.3 is 15.0 Å². The lowest BCUT2D eigenvalue weighted by atomic mass is 9.81. The molecule has 1 rings (SSSR count). The van der Waals surface area contributed by atoms with Crippen LogP contribution in [0.3, 0.4) is 0 Å². The van der Waals surface area contributed by atoms with Gasteiger partial charge in [-0.25, -0.2) is 0 Å². The fourth-order valence-electron chi connectivity index (χ4n) is 2.98. The quantitative estimate of drug-likeness (QED) is 0.740. The minimum atomic E-state index is 0.435. The predicted octanol–water partition coefficient (Wildman–Crippen LogP) is 2.12. The van der Waals surface area contributed by atoms with Gasteiger partial charge in [-0.05, 0) is 44.7 Å². The maximum absolute atomic E-state index is 5.51. The van der Waals surface area contributed by atoms with Crippen LogP contribution in [0.1, 0.15) is 39.5 Å². The predicted molar refractivity (Wildman–Crippen MR) is 73.4 cm³/mol. The molecule has 1 unspecified atom stereocenters. The summed E-state index contributed by atoms with van der Waals surface area (Å²) in [6, 6.07) is 0. The van der Waals surface area contributed by atoms with E-state index in [0.29, 0.717) is 11.5 Å². The lowest BCUT2D eigenvalue weighted by molar-refractivity contribution is 0.0124. The normalized spacial score (nSPS) is 22.9. The van der Waals surface area contributed by atoms with Crippen molar-refractivity contribution in [2.75, 3.05) is 40.3 Å². The Bertz CT molecular complexity index is 204. The molecule has 0 bridgehead atoms. The van der Waals surface area contributed by atoms with Crippen molar-refractivity contribution in [1.82, 2.24) is 10.2 Å². The summed E-state index contributed by atoms with van der Waals surface area (Å²) in [5.74, 6) is 0. The molecule has 0 aromatic carbocycles. The lowest BCUT2D eigenvalue weighted by Crippen LogP contribution is -2.47. The summed E-state index contributed by atoms with van der Waals surface area (Å²) in [5.41, 5.74) is 0.435. The highest BCUT2D eigenvalue weighted by Gasteiger charge is 2.30. The van der Waals surface area contributed by atoms with Crippen molar-refractivity contribution >= 4 is 0 Å². The van der Waals surface area contributed by atoms with E-state index in [4.69, 9.17) is 4.74 Å². The minimum absolute atomic E-state index is 0.435. The summed E-state index contributed by atoms with van der Waals surface area (Å²) in [7, 11) is 3.91. The Morgan fingerprint density at radius 3 is 2.59 bits per heavy atom. The van der Waals surface area contributed by atoms with Gasteiger partial charge in [-0.3, -0.25) is 0 Å². The van der Waals surface area contributed by atoms with Crippen molar-refractivity contribution in [3.05, 3.63) is 0 Å². The molecule has 0 aliphatic carbocycles. The smallest absolute Gasteiger partial charge is 0.0698 e. The molecule has 17 heavy (non-hydrogen) atoms. The van der Waals surface area contributed by atoms with E-state index in [1.165, 1.54) is 38.8 Å². The van der Waals surface area contributed by atoms with Gasteiger partial charge in [-0.2, -0.15) is 0 Å². The second-order valence-corrected chi connectivity index (χ2v) is 5.47. The second kappa shape index (κ2) is 7.34. The molecular formula is C14H30N2O. The molecule has 3 nitrogen and oxygen atoms in total. The second-order valence-electron chi connectivity index (χ2n) is 5.47. The summed E-state index contributed by atoms with van der Waals surface area (Å²) in [5, 5.41) is 3.37. The van der Waals surface area contributed by atoms with Crippen LogP contribution in [-0.4, -0.2) is 51.3 Å². The van der Waals surface area contributed by atoms with Crippen LogP contribution >= 0.6 is 0 Å². The van der Waals surface area contributed by atoms with Crippen LogP contribution in [0.5, 0.6) is 0 Å². The van der Waals surface area contributed by atoms with Gasteiger partial charge in [-0.1, -0.05) is 13.8 Å². The van der Waals surface area contributed by atoms with Crippen molar-refractivity contribution < 1.29 is 4.74 Å². The third-order valence-corrected chi connectivity index (χ3v) is 4.41. The maximum atomic E-state index is 5.51. The Hall–Kier alpha value is -0.120. The van der Waals surface area contributed by atoms with Crippen LogP contribution in [0, 0.1) is 5.41 Å². The van der Waals surface area contributed by atoms with Crippen molar-refractivity contribution in [2.24, 2.45) is 5.41 Å². The Morgan fingerprint density at radius 1 is 1.35 bits per heavy atom. The molecule has 0 radical (unpaired) electrons. The monoisotopic (exact) mass is 242 g/mol. The van der Waals surface area contributed by atoms with Gasteiger partial charge in [0.25, 0.3) is 0 Å². The van der Waals surface area contributed by atoms with E-state index in [9.17, 15) is 0 Å². The van der Waals surface area contributed by atoms with E-state index in [0.717, 1.165) is 13.1 Å². The minimum Gasteiger partial charge on any atom is -0.380 e. The third kappa shape index (κ3) is 4.23. The zero-order chi connectivity index (χ0) is 12.7. The molecular weight excluding hydrogens is 212 g/mol. The lowest BCUT2D eigenvalue weighted by Gasteiger charge is -2.40. The molecule has 3 heteroatoms. The van der Waals surface area contributed by atoms with Crippen LogP contribution < -0.4 is 5.32 Å². The largest absolute Gasteiger partial charge is 0.380 e. The van der Waals surface area contributed by atoms with E-state index >= 15 is 0 Å². The van der Waals surface area contributed by atoms with E-state index in [1.54, 1.807) is 0 Å². The Morgan fingerprint density at radius 2 is 2.06 bits per heavy atom. The molecule has 0 amide bonds. The first-order chi connectivity index (χ1) is 8.19. The molecule has 0 spiro atoms. The highest BCUT2D eigenvalue weighted by molar-refractivity contribution is 4.85. The molecule has 1 saturated heterocycles. The fourth-order valence-corrected chi connectivity index (χ4v) is 2.98. The van der Waals surface area contributed by atoms with Gasteiger partial charge in [-0.15, -0.1) is 0 Å². The standard InChI is InChI=1S/C14H30N2O/c1-5-14(6-2,11-15-3)12-16-9-7-8-13(10-16)17-4/h13,15H,5-12H2,1-4H3. The van der Waals surface area contributed by atoms with Crippen LogP contribution in [0.2, 0.25) is 0 Å². The number of nitrogens with zero attached hydrogens (tertiary/aromatic N) is 1. The Balaban J connectivity index is 2.53. The van der Waals surface area contributed by atoms with Crippen molar-refractivity contribution in [1.29, 1.82) is 0 Å². The summed E-state index contributed by atoms with van der Waals surface area (Å²) in [4.78, 5) is 2.60. The van der Waals surface area contributed by atoms with Gasteiger partial charge in [0.15, 0.2) is 0 Å². The van der Waals surface area contributed by atoms with Crippen LogP contribution in [0.15, 0.2) is 0 Å². The number of hydrogen-bond donors (Lipinski definition) is 1. The van der Waals surface area contributed by atoms with Crippen molar-refractivity contribution in [3.63, 3.8) is 0 Å². The number of rotatable bonds is 7. The summed E-state index contributed by atoms with van der Waals surface area (Å²) in [6.45, 7) is 9.32. The van der Waals surface area contributed by atoms with E-state index in [2.05, 4.69) is 31.1 Å². The molecule has 1 atom stereocenters. The first kappa shape index (κ1) is 14.9. The van der Waals surface area contributed by atoms with E-state index in [1.807, 2.05) is 7.11 Å². The topological polar surface area (TPSA) is 24.5 Å². The number of hydrogen-bond acceptors (Lipinski definition) is 3. The highest BCUT2D eigenvalue weighted by Crippen LogP contribution is 2.28. The molecule has 0 aromatic heterocycles. The third-order valence-electron chi connectivity index (χ3n) is 4.41. The summed E-state index contributed by atoms with van der Waals surface area (Å²) in [6.07, 6.45) is 5.45. The molecule has 1 aliphatic rings. The van der Waals surface area contributed by atoms with Gasteiger partial charge in [0, 0.05) is 26.7 Å². The summed E-state index contributed by atoms with van der Waals surface area (Å²) >= 11 is 0. The van der Waals surface area contributed by atoms with Crippen molar-refractivity contribution in [2.45, 2.75) is 45.6 Å². The molecule has 102 valence electrons. The Kier molecular flexibility index (Phi) is 6.45. The van der Waals surface area contributed by atoms with E-state index < -0.39 is 0 Å². The SMILES string of the molecule is CCC(CC)(CNC)CN1CCCC(OC)C1. The average molecular weight is 242 g/mol. The van der Waals surface area contributed by atoms with E-state index in [-0.39, 0.29) is 0 Å². The number of piperidine rings is 1. The molecule has 0 saturated carbocycles. The molecule has 1 fully saturated rings. The molecule has 1 N–H and O–H groups in total. The zero-order valence-corrected chi connectivity index (χ0v) is 12.1. The van der Waals surface area contributed by atoms with Gasteiger partial charge in [0.2, 0.25) is 0 Å². The first-order valence-corrected chi connectivity index (χ1v) is 7.09. The van der Waals surface area contributed by atoms with Crippen LogP contribution in [0.25, 0.3) is 0 Å². The maximum Gasteiger partial charge on any atom is 0.0698 e. The summed E-state index contributed by atoms with van der Waals surface area (Å²) < 4.78 is 5.51. The van der Waals surface area contributed by atoms with Crippen LogP contribution in [0.4, 0.5) is 0 Å². The Labute approximate surface area is 107 Å². The fraction of sp³-hybridized carbons (Fsp3) is 1.00. The van der Waals surface area contributed by atoms with Crippen molar-refractivity contribution in [3.8, 4) is 0 Å².